The van der Waals surface area contributed by atoms with Gasteiger partial charge in [-0.2, -0.15) is 0 Å². The van der Waals surface area contributed by atoms with Gasteiger partial charge in [0.05, 0.1) is 6.54 Å². The van der Waals surface area contributed by atoms with Gasteiger partial charge in [-0.3, -0.25) is 4.99 Å². The summed E-state index contributed by atoms with van der Waals surface area (Å²) in [5.74, 6) is 0. The van der Waals surface area contributed by atoms with E-state index in [0.717, 1.165) is 18.6 Å². The van der Waals surface area contributed by atoms with Gasteiger partial charge in [0.25, 0.3) is 0 Å². The minimum Gasteiger partial charge on any atom is -0.317 e. The zero-order chi connectivity index (χ0) is 14.9. The Morgan fingerprint density at radius 2 is 1.76 bits per heavy atom. The molecule has 0 atom stereocenters. The lowest BCUT2D eigenvalue weighted by molar-refractivity contribution is 0.935. The van der Waals surface area contributed by atoms with Crippen molar-refractivity contribution < 1.29 is 0 Å². The third-order valence-corrected chi connectivity index (χ3v) is 3.36. The van der Waals surface area contributed by atoms with E-state index in [9.17, 15) is 0 Å². The molecule has 0 saturated heterocycles. The Bertz CT molecular complexity index is 619. The second-order valence-electron chi connectivity index (χ2n) is 5.10. The number of hydrogen-bond acceptors (Lipinski definition) is 1. The maximum atomic E-state index is 6.90. The fraction of sp³-hybridized carbons (Fsp3) is 0.263. The van der Waals surface area contributed by atoms with Crippen molar-refractivity contribution in [3.05, 3.63) is 82.7 Å². The Labute approximate surface area is 127 Å². The highest BCUT2D eigenvalue weighted by atomic mass is 14.7. The van der Waals surface area contributed by atoms with E-state index in [-0.39, 0.29) is 0 Å². The summed E-state index contributed by atoms with van der Waals surface area (Å²) in [7, 11) is 0. The summed E-state index contributed by atoms with van der Waals surface area (Å²) in [6, 6.07) is 18.7. The molecule has 106 valence electrons. The Morgan fingerprint density at radius 1 is 1.05 bits per heavy atom. The van der Waals surface area contributed by atoms with E-state index in [0.29, 0.717) is 13.1 Å². The van der Waals surface area contributed by atoms with Crippen molar-refractivity contribution >= 4 is 5.71 Å². The quantitative estimate of drug-likeness (QED) is 0.414. The Balaban J connectivity index is 2.15. The number of rotatable bonds is 6. The van der Waals surface area contributed by atoms with Crippen molar-refractivity contribution in [1.29, 1.82) is 0 Å². The van der Waals surface area contributed by atoms with Gasteiger partial charge in [-0.05, 0) is 24.5 Å². The minimum absolute atomic E-state index is 0.566. The van der Waals surface area contributed by atoms with Gasteiger partial charge in [-0.15, -0.1) is 0 Å². The van der Waals surface area contributed by atoms with E-state index < -0.39 is 0 Å². The van der Waals surface area contributed by atoms with Crippen LogP contribution in [-0.2, 0) is 6.54 Å². The summed E-state index contributed by atoms with van der Waals surface area (Å²) in [5, 5.41) is 0. The van der Waals surface area contributed by atoms with Crippen LogP contribution in [0, 0.1) is 13.5 Å². The molecule has 0 aliphatic heterocycles. The molecule has 0 amide bonds. The molecular weight excluding hydrogens is 256 g/mol. The molecule has 2 aromatic rings. The normalized spacial score (nSPS) is 11.1. The summed E-state index contributed by atoms with van der Waals surface area (Å²) < 4.78 is 0. The predicted octanol–water partition coefficient (Wildman–Crippen LogP) is 4.68. The zero-order valence-corrected chi connectivity index (χ0v) is 12.4. The number of aliphatic imine (C=N–C) groups is 1. The molecule has 0 bridgehead atoms. The number of hydrogen-bond donors (Lipinski definition) is 0. The second kappa shape index (κ2) is 8.01. The first-order chi connectivity index (χ1) is 10.3. The summed E-state index contributed by atoms with van der Waals surface area (Å²) in [6.07, 6.45) is 1.73. The van der Waals surface area contributed by atoms with Crippen LogP contribution < -0.4 is 0 Å². The van der Waals surface area contributed by atoms with Crippen LogP contribution in [0.3, 0.4) is 0 Å². The van der Waals surface area contributed by atoms with Crippen molar-refractivity contribution in [1.82, 2.24) is 0 Å². The van der Waals surface area contributed by atoms with E-state index in [1.165, 1.54) is 16.7 Å². The molecule has 0 saturated carbocycles. The smallest absolute Gasteiger partial charge is 0.215 e. The topological polar surface area (TPSA) is 16.7 Å². The Morgan fingerprint density at radius 3 is 2.43 bits per heavy atom. The summed E-state index contributed by atoms with van der Waals surface area (Å²) in [6.45, 7) is 10.3. The molecular formula is C19H20N2. The van der Waals surface area contributed by atoms with Gasteiger partial charge in [0.2, 0.25) is 6.54 Å². The second-order valence-corrected chi connectivity index (χ2v) is 5.10. The predicted molar refractivity (Wildman–Crippen MR) is 88.6 cm³/mol. The maximum Gasteiger partial charge on any atom is 0.215 e. The fourth-order valence-corrected chi connectivity index (χ4v) is 2.16. The van der Waals surface area contributed by atoms with Crippen LogP contribution in [0.1, 0.15) is 29.5 Å². The lowest BCUT2D eigenvalue weighted by Gasteiger charge is -2.07. The highest BCUT2D eigenvalue weighted by Crippen LogP contribution is 2.11. The molecule has 0 aliphatic carbocycles. The lowest BCUT2D eigenvalue weighted by Crippen LogP contribution is -2.03. The molecule has 0 heterocycles. The lowest BCUT2D eigenvalue weighted by atomic mass is 10.0. The molecule has 2 aromatic carbocycles. The van der Waals surface area contributed by atoms with Gasteiger partial charge in [-0.1, -0.05) is 60.2 Å². The van der Waals surface area contributed by atoms with Crippen molar-refractivity contribution in [2.45, 2.75) is 26.3 Å². The maximum absolute atomic E-state index is 6.90. The number of benzene rings is 2. The van der Waals surface area contributed by atoms with E-state index in [1.54, 1.807) is 0 Å². The molecule has 0 spiro atoms. The van der Waals surface area contributed by atoms with Crippen molar-refractivity contribution in [3.63, 3.8) is 0 Å². The SMILES string of the molecule is [C-]#[N+]CCCC(=NCc1ccccc1)c1ccc(C)cc1. The largest absolute Gasteiger partial charge is 0.317 e. The molecule has 2 rings (SSSR count). The van der Waals surface area contributed by atoms with Gasteiger partial charge in [0.1, 0.15) is 0 Å². The van der Waals surface area contributed by atoms with Crippen LogP contribution in [-0.4, -0.2) is 12.3 Å². The molecule has 2 heteroatoms. The van der Waals surface area contributed by atoms with E-state index in [1.807, 2.05) is 18.2 Å². The van der Waals surface area contributed by atoms with Crippen molar-refractivity contribution in [2.24, 2.45) is 4.99 Å². The van der Waals surface area contributed by atoms with Crippen LogP contribution in [0.5, 0.6) is 0 Å². The Hall–Kier alpha value is -2.40. The summed E-state index contributed by atoms with van der Waals surface area (Å²) in [4.78, 5) is 8.21. The average Bonchev–Trinajstić information content (AvgIpc) is 2.53. The van der Waals surface area contributed by atoms with Gasteiger partial charge < -0.3 is 4.85 Å². The monoisotopic (exact) mass is 276 g/mol. The van der Waals surface area contributed by atoms with E-state index in [4.69, 9.17) is 11.6 Å². The highest BCUT2D eigenvalue weighted by molar-refractivity contribution is 6.00. The molecule has 0 aromatic heterocycles. The van der Waals surface area contributed by atoms with Crippen LogP contribution in [0.4, 0.5) is 0 Å². The van der Waals surface area contributed by atoms with Gasteiger partial charge >= 0.3 is 0 Å². The standard InChI is InChI=1S/C19H20N2/c1-16-10-12-18(13-11-16)19(9-6-14-20-2)21-15-17-7-4-3-5-8-17/h3-5,7-8,10-13H,6,9,14-15H2,1H3. The fourth-order valence-electron chi connectivity index (χ4n) is 2.16. The van der Waals surface area contributed by atoms with Gasteiger partial charge in [0, 0.05) is 12.1 Å². The van der Waals surface area contributed by atoms with E-state index in [2.05, 4.69) is 48.2 Å². The van der Waals surface area contributed by atoms with Crippen molar-refractivity contribution in [2.75, 3.05) is 6.54 Å². The third-order valence-electron chi connectivity index (χ3n) is 3.36. The molecule has 21 heavy (non-hydrogen) atoms. The van der Waals surface area contributed by atoms with Gasteiger partial charge in [0.15, 0.2) is 0 Å². The third kappa shape index (κ3) is 4.89. The first kappa shape index (κ1) is 15.0. The number of aryl methyl sites for hydroxylation is 1. The minimum atomic E-state index is 0.566. The summed E-state index contributed by atoms with van der Waals surface area (Å²) in [5.41, 5.74) is 4.73. The summed E-state index contributed by atoms with van der Waals surface area (Å²) >= 11 is 0. The molecule has 0 unspecified atom stereocenters. The van der Waals surface area contributed by atoms with E-state index >= 15 is 0 Å². The molecule has 0 radical (unpaired) electrons. The molecule has 0 fully saturated rings. The molecule has 0 N–H and O–H groups in total. The highest BCUT2D eigenvalue weighted by Gasteiger charge is 2.04. The average molecular weight is 276 g/mol. The van der Waals surface area contributed by atoms with Crippen molar-refractivity contribution in [3.8, 4) is 0 Å². The van der Waals surface area contributed by atoms with Crippen LogP contribution in [0.2, 0.25) is 0 Å². The number of nitrogens with zero attached hydrogens (tertiary/aromatic N) is 2. The van der Waals surface area contributed by atoms with Crippen LogP contribution >= 0.6 is 0 Å². The zero-order valence-electron chi connectivity index (χ0n) is 12.4. The Kier molecular flexibility index (Phi) is 5.72. The molecule has 2 nitrogen and oxygen atoms in total. The first-order valence-corrected chi connectivity index (χ1v) is 7.27. The van der Waals surface area contributed by atoms with Crippen LogP contribution in [0.15, 0.2) is 59.6 Å². The first-order valence-electron chi connectivity index (χ1n) is 7.27. The van der Waals surface area contributed by atoms with Crippen LogP contribution in [0.25, 0.3) is 4.85 Å². The molecule has 0 aliphatic rings. The van der Waals surface area contributed by atoms with Gasteiger partial charge in [-0.25, -0.2) is 6.57 Å².